The zero-order valence-corrected chi connectivity index (χ0v) is 18.1. The van der Waals surface area contributed by atoms with E-state index in [2.05, 4.69) is 15.6 Å². The number of nitrogens with one attached hydrogen (secondary N) is 2. The summed E-state index contributed by atoms with van der Waals surface area (Å²) in [5.41, 5.74) is 8.41. The van der Waals surface area contributed by atoms with E-state index in [0.29, 0.717) is 17.4 Å². The molecule has 0 aliphatic rings. The Kier molecular flexibility index (Phi) is 7.20. The Bertz CT molecular complexity index is 955. The molecule has 0 aliphatic carbocycles. The highest BCUT2D eigenvalue weighted by Crippen LogP contribution is 2.27. The molecule has 5 N–H and O–H groups in total. The Morgan fingerprint density at radius 3 is 2.50 bits per heavy atom. The van der Waals surface area contributed by atoms with Crippen LogP contribution in [0, 0.1) is 0 Å². The Morgan fingerprint density at radius 2 is 1.87 bits per heavy atom. The van der Waals surface area contributed by atoms with Crippen molar-refractivity contribution in [3.05, 3.63) is 76.8 Å². The smallest absolute Gasteiger partial charge is 0.236 e. The van der Waals surface area contributed by atoms with E-state index in [0.717, 1.165) is 29.8 Å². The number of benzene rings is 2. The molecule has 1 amide bonds. The standard InChI is InChI=1S/C23H28N4O2S/c1-23(2,20-15-30-22(24)27-20)21(29)26-18-10-8-16(9-11-18)12-13-25-14-19(28)17-6-4-3-5-7-17/h3-11,15,19,25,28H,12-14H2,1-2H3,(H2,24,27)(H,26,29)/t19-/m0/s1. The van der Waals surface area contributed by atoms with Gasteiger partial charge in [-0.15, -0.1) is 11.3 Å². The molecule has 0 saturated carbocycles. The van der Waals surface area contributed by atoms with Crippen LogP contribution in [-0.4, -0.2) is 29.1 Å². The normalized spacial score (nSPS) is 12.5. The quantitative estimate of drug-likeness (QED) is 0.394. The van der Waals surface area contributed by atoms with Gasteiger partial charge < -0.3 is 21.5 Å². The summed E-state index contributed by atoms with van der Waals surface area (Å²) in [5, 5.41) is 18.7. The van der Waals surface area contributed by atoms with Gasteiger partial charge in [0.05, 0.1) is 17.2 Å². The molecule has 30 heavy (non-hydrogen) atoms. The monoisotopic (exact) mass is 424 g/mol. The van der Waals surface area contributed by atoms with Crippen molar-refractivity contribution in [3.8, 4) is 0 Å². The number of thiazole rings is 1. The van der Waals surface area contributed by atoms with E-state index in [1.807, 2.05) is 73.8 Å². The molecule has 6 nitrogen and oxygen atoms in total. The van der Waals surface area contributed by atoms with Crippen LogP contribution in [0.1, 0.15) is 36.8 Å². The van der Waals surface area contributed by atoms with Gasteiger partial charge in [-0.1, -0.05) is 42.5 Å². The molecule has 7 heteroatoms. The van der Waals surface area contributed by atoms with E-state index in [-0.39, 0.29) is 5.91 Å². The van der Waals surface area contributed by atoms with Crippen molar-refractivity contribution in [2.75, 3.05) is 24.1 Å². The summed E-state index contributed by atoms with van der Waals surface area (Å²) in [6.07, 6.45) is 0.319. The molecule has 3 aromatic rings. The molecule has 1 aromatic heterocycles. The number of rotatable bonds is 9. The lowest BCUT2D eigenvalue weighted by Crippen LogP contribution is -2.35. The van der Waals surface area contributed by atoms with Crippen LogP contribution in [0.5, 0.6) is 0 Å². The number of aromatic nitrogens is 1. The highest BCUT2D eigenvalue weighted by atomic mass is 32.1. The first-order valence-corrected chi connectivity index (χ1v) is 10.8. The lowest BCUT2D eigenvalue weighted by atomic mass is 9.89. The fourth-order valence-electron chi connectivity index (χ4n) is 3.00. The number of carbonyl (C=O) groups is 1. The van der Waals surface area contributed by atoms with Crippen LogP contribution in [-0.2, 0) is 16.6 Å². The lowest BCUT2D eigenvalue weighted by Gasteiger charge is -2.21. The number of nitrogen functional groups attached to an aromatic ring is 1. The van der Waals surface area contributed by atoms with Crippen molar-refractivity contribution in [2.45, 2.75) is 31.8 Å². The molecule has 0 aliphatic heterocycles. The van der Waals surface area contributed by atoms with Crippen LogP contribution >= 0.6 is 11.3 Å². The van der Waals surface area contributed by atoms with Crippen molar-refractivity contribution in [2.24, 2.45) is 0 Å². The van der Waals surface area contributed by atoms with Crippen molar-refractivity contribution in [1.82, 2.24) is 10.3 Å². The molecule has 0 bridgehead atoms. The summed E-state index contributed by atoms with van der Waals surface area (Å²) < 4.78 is 0. The van der Waals surface area contributed by atoms with Crippen molar-refractivity contribution in [3.63, 3.8) is 0 Å². The third-order valence-corrected chi connectivity index (χ3v) is 5.73. The van der Waals surface area contributed by atoms with E-state index in [9.17, 15) is 9.90 Å². The number of carbonyl (C=O) groups excluding carboxylic acids is 1. The fraction of sp³-hybridized carbons (Fsp3) is 0.304. The minimum atomic E-state index is -0.768. The van der Waals surface area contributed by atoms with Gasteiger partial charge in [0.1, 0.15) is 0 Å². The minimum Gasteiger partial charge on any atom is -0.387 e. The van der Waals surface area contributed by atoms with Gasteiger partial charge in [-0.2, -0.15) is 0 Å². The van der Waals surface area contributed by atoms with Crippen LogP contribution in [0.3, 0.4) is 0 Å². The second-order valence-electron chi connectivity index (χ2n) is 7.73. The van der Waals surface area contributed by atoms with Crippen LogP contribution in [0.15, 0.2) is 60.0 Å². The number of aliphatic hydroxyl groups excluding tert-OH is 1. The Balaban J connectivity index is 1.46. The molecule has 0 unspecified atom stereocenters. The average Bonchev–Trinajstić information content (AvgIpc) is 3.20. The predicted octanol–water partition coefficient (Wildman–Crippen LogP) is 3.51. The average molecular weight is 425 g/mol. The van der Waals surface area contributed by atoms with Crippen molar-refractivity contribution < 1.29 is 9.90 Å². The van der Waals surface area contributed by atoms with E-state index in [1.165, 1.54) is 11.3 Å². The maximum absolute atomic E-state index is 12.7. The molecule has 3 rings (SSSR count). The van der Waals surface area contributed by atoms with Crippen molar-refractivity contribution >= 4 is 28.1 Å². The van der Waals surface area contributed by atoms with E-state index < -0.39 is 11.5 Å². The van der Waals surface area contributed by atoms with Gasteiger partial charge in [-0.05, 0) is 50.1 Å². The minimum absolute atomic E-state index is 0.128. The van der Waals surface area contributed by atoms with Gasteiger partial charge in [0.25, 0.3) is 0 Å². The summed E-state index contributed by atoms with van der Waals surface area (Å²) in [5.74, 6) is -0.128. The van der Waals surface area contributed by atoms with Crippen LogP contribution in [0.2, 0.25) is 0 Å². The first kappa shape index (κ1) is 22.0. The first-order chi connectivity index (χ1) is 14.4. The molecule has 158 valence electrons. The Hall–Kier alpha value is -2.74. The highest BCUT2D eigenvalue weighted by Gasteiger charge is 2.32. The SMILES string of the molecule is CC(C)(C(=O)Nc1ccc(CCNC[C@H](O)c2ccccc2)cc1)c1csc(N)n1. The predicted molar refractivity (Wildman–Crippen MR) is 123 cm³/mol. The van der Waals surface area contributed by atoms with Gasteiger partial charge >= 0.3 is 0 Å². The number of hydrogen-bond acceptors (Lipinski definition) is 6. The van der Waals surface area contributed by atoms with E-state index in [4.69, 9.17) is 5.73 Å². The number of nitrogens with zero attached hydrogens (tertiary/aromatic N) is 1. The number of nitrogens with two attached hydrogens (primary N) is 1. The van der Waals surface area contributed by atoms with Gasteiger partial charge in [-0.25, -0.2) is 4.98 Å². The molecule has 0 fully saturated rings. The lowest BCUT2D eigenvalue weighted by molar-refractivity contribution is -0.120. The third kappa shape index (κ3) is 5.66. The summed E-state index contributed by atoms with van der Waals surface area (Å²) in [6.45, 7) is 4.93. The molecule has 0 saturated heterocycles. The maximum atomic E-state index is 12.7. The van der Waals surface area contributed by atoms with Gasteiger partial charge in [0, 0.05) is 17.6 Å². The molecular weight excluding hydrogens is 396 g/mol. The van der Waals surface area contributed by atoms with Gasteiger partial charge in [0.15, 0.2) is 5.13 Å². The molecule has 1 heterocycles. The topological polar surface area (TPSA) is 100 Å². The van der Waals surface area contributed by atoms with E-state index >= 15 is 0 Å². The van der Waals surface area contributed by atoms with Crippen molar-refractivity contribution in [1.29, 1.82) is 0 Å². The number of hydrogen-bond donors (Lipinski definition) is 4. The summed E-state index contributed by atoms with van der Waals surface area (Å²) in [6, 6.07) is 17.4. The Labute approximate surface area is 181 Å². The number of anilines is 2. The number of amides is 1. The van der Waals surface area contributed by atoms with Gasteiger partial charge in [-0.3, -0.25) is 4.79 Å². The second kappa shape index (κ2) is 9.84. The first-order valence-electron chi connectivity index (χ1n) is 9.92. The summed E-state index contributed by atoms with van der Waals surface area (Å²) in [7, 11) is 0. The summed E-state index contributed by atoms with van der Waals surface area (Å²) in [4.78, 5) is 16.9. The molecule has 0 radical (unpaired) electrons. The zero-order valence-electron chi connectivity index (χ0n) is 17.3. The van der Waals surface area contributed by atoms with Crippen LogP contribution < -0.4 is 16.4 Å². The molecule has 1 atom stereocenters. The second-order valence-corrected chi connectivity index (χ2v) is 8.62. The summed E-state index contributed by atoms with van der Waals surface area (Å²) >= 11 is 1.33. The molecular formula is C23H28N4O2S. The maximum Gasteiger partial charge on any atom is 0.236 e. The zero-order chi connectivity index (χ0) is 21.6. The largest absolute Gasteiger partial charge is 0.387 e. The number of aliphatic hydroxyl groups is 1. The van der Waals surface area contributed by atoms with E-state index in [1.54, 1.807) is 0 Å². The van der Waals surface area contributed by atoms with Crippen LogP contribution in [0.25, 0.3) is 0 Å². The third-order valence-electron chi connectivity index (χ3n) is 5.05. The highest BCUT2D eigenvalue weighted by molar-refractivity contribution is 7.13. The van der Waals surface area contributed by atoms with Gasteiger partial charge in [0.2, 0.25) is 5.91 Å². The Morgan fingerprint density at radius 1 is 1.17 bits per heavy atom. The molecule has 2 aromatic carbocycles. The van der Waals surface area contributed by atoms with Crippen LogP contribution in [0.4, 0.5) is 10.8 Å². The molecule has 0 spiro atoms. The fourth-order valence-corrected chi connectivity index (χ4v) is 3.73.